The van der Waals surface area contributed by atoms with E-state index in [9.17, 15) is 10.2 Å². The number of rotatable bonds is 3. The molecule has 4 nitrogen and oxygen atoms in total. The van der Waals surface area contributed by atoms with Crippen molar-refractivity contribution in [3.8, 4) is 143 Å². The van der Waals surface area contributed by atoms with Crippen LogP contribution in [0.15, 0.2) is 11.6 Å². The molecule has 0 spiro atoms. The Hall–Kier alpha value is -6.02. The second-order valence-electron chi connectivity index (χ2n) is 14.9. The molecule has 0 unspecified atom stereocenters. The van der Waals surface area contributed by atoms with Crippen LogP contribution in [0.3, 0.4) is 0 Å². The molecule has 4 rings (SSSR count). The van der Waals surface area contributed by atoms with Crippen LogP contribution in [0.25, 0.3) is 0 Å². The maximum Gasteiger partial charge on any atom is 0.0594 e. The monoisotopic (exact) mass is 749 g/mol. The van der Waals surface area contributed by atoms with Crippen molar-refractivity contribution in [2.45, 2.75) is 111 Å². The fraction of sp³-hybridized carbons (Fsp3) is 0.480. The summed E-state index contributed by atoms with van der Waals surface area (Å²) in [7, 11) is 0. The number of hydrogen-bond acceptors (Lipinski definition) is 4. The quantitative estimate of drug-likeness (QED) is 0.223. The summed E-state index contributed by atoms with van der Waals surface area (Å²) in [6, 6.07) is 0. The SMILES string of the molecule is C#CC#CC#CC#CC#CC#CC#CC#CC#CC#CC#CC#CC.C[C@H](CC(C)(C)O)[C@H]1CC[C@H]2[C@@H]3CC=C4C[C@@H](O)CC[C@]4(C)[C@H]3CC[C@]12C.O=O.[HH].[HH].[HH].[HH].[HH].[HH].[HH].[HH].[HH].[HH].[HH].[HH].[HH].[HH].[HH].[HH].[HH].[HH].[HH]. The van der Waals surface area contributed by atoms with E-state index < -0.39 is 5.60 Å². The number of allylic oxidation sites excluding steroid dienone is 1. The minimum Gasteiger partial charge on any atom is -0.393 e. The molecule has 0 aliphatic heterocycles. The highest BCUT2D eigenvalue weighted by molar-refractivity contribution is 5.47. The lowest BCUT2D eigenvalue weighted by atomic mass is 9.47. The number of aliphatic hydroxyl groups is 2. The molecular weight excluding hydrogens is 665 g/mol. The van der Waals surface area contributed by atoms with Gasteiger partial charge in [0.1, 0.15) is 0 Å². The molecule has 2 N–H and O–H groups in total. The molecule has 308 valence electrons. The highest BCUT2D eigenvalue weighted by Crippen LogP contribution is 2.67. The standard InChI is InChI=1S/C25H42O2.C25H4.O2.19H2/c1-16(15-23(2,3)27)20-8-9-21-19-7-6-17-14-18(26)10-12-24(17,4)22(19)11-13-25(20,21)5;1-3-5-7-9-11-13-15-17-19-21-23-25-24-22-20-18-16-14-12-10-8-6-4-2;1-2;;;;;;;;;;;;;;;;;;;/h6,16,18-22,26-27H,7-15H2,1-5H3;1H,2H3;;19*1H/t16-,18+,19+,20-,21+,22+,24+,25-;;;;;;;;;;;;;;;;;;;;;/m1...................../s1. The Morgan fingerprint density at radius 2 is 1.20 bits per heavy atom. The van der Waals surface area contributed by atoms with Crippen LogP contribution in [0.2, 0.25) is 0 Å². The van der Waals surface area contributed by atoms with Gasteiger partial charge >= 0.3 is 0 Å². The summed E-state index contributed by atoms with van der Waals surface area (Å²) in [6.45, 7) is 13.2. The first-order valence-electron chi connectivity index (χ1n) is 18.1. The Bertz CT molecular complexity index is 2220. The summed E-state index contributed by atoms with van der Waals surface area (Å²) in [5.74, 6) is 60.8. The molecular formula is C50H84O4. The number of hydrogen-bond donors (Lipinski definition) is 2. The van der Waals surface area contributed by atoms with Gasteiger partial charge in [0, 0.05) is 72.6 Å². The van der Waals surface area contributed by atoms with E-state index in [1.807, 2.05) is 13.8 Å². The summed E-state index contributed by atoms with van der Waals surface area (Å²) in [5, 5.41) is 20.5. The lowest BCUT2D eigenvalue weighted by Crippen LogP contribution is -2.51. The zero-order chi connectivity index (χ0) is 39.9. The van der Waals surface area contributed by atoms with E-state index in [1.54, 1.807) is 12.5 Å². The summed E-state index contributed by atoms with van der Waals surface area (Å²) in [6.07, 6.45) is 18.1. The van der Waals surface area contributed by atoms with Gasteiger partial charge in [-0.05, 0) is 214 Å². The van der Waals surface area contributed by atoms with E-state index >= 15 is 0 Å². The van der Waals surface area contributed by atoms with Gasteiger partial charge in [0.2, 0.25) is 0 Å². The highest BCUT2D eigenvalue weighted by Gasteiger charge is 2.59. The molecule has 0 saturated heterocycles. The van der Waals surface area contributed by atoms with Crippen molar-refractivity contribution >= 4 is 0 Å². The maximum absolute atomic E-state index is 10.4. The van der Waals surface area contributed by atoms with Crippen LogP contribution >= 0.6 is 0 Å². The molecule has 8 atom stereocenters. The summed E-state index contributed by atoms with van der Waals surface area (Å²) in [4.78, 5) is 14.0. The minimum absolute atomic E-state index is 0. The average Bonchev–Trinajstić information content (AvgIpc) is 3.50. The van der Waals surface area contributed by atoms with Crippen LogP contribution in [-0.2, 0) is 0 Å². The number of fused-ring (bicyclic) bond motifs is 5. The van der Waals surface area contributed by atoms with Crippen molar-refractivity contribution in [1.29, 1.82) is 0 Å². The fourth-order valence-electron chi connectivity index (χ4n) is 9.24. The second kappa shape index (κ2) is 22.8. The van der Waals surface area contributed by atoms with Gasteiger partial charge in [-0.15, -0.1) is 6.42 Å². The Kier molecular flexibility index (Phi) is 18.7. The summed E-state index contributed by atoms with van der Waals surface area (Å²) in [5.41, 5.74) is 1.84. The summed E-state index contributed by atoms with van der Waals surface area (Å²) >= 11 is 0. The van der Waals surface area contributed by atoms with E-state index in [0.717, 1.165) is 42.9 Å². The molecule has 0 heterocycles. The lowest BCUT2D eigenvalue weighted by Gasteiger charge is -2.58. The Labute approximate surface area is 353 Å². The molecule has 0 aromatic heterocycles. The first kappa shape index (κ1) is 44.1. The van der Waals surface area contributed by atoms with Crippen molar-refractivity contribution in [2.75, 3.05) is 0 Å². The van der Waals surface area contributed by atoms with E-state index in [2.05, 4.69) is 163 Å². The normalized spacial score (nSPS) is 26.0. The van der Waals surface area contributed by atoms with Gasteiger partial charge in [-0.3, -0.25) is 0 Å². The van der Waals surface area contributed by atoms with Crippen molar-refractivity contribution in [3.63, 3.8) is 0 Å². The molecule has 3 saturated carbocycles. The van der Waals surface area contributed by atoms with E-state index in [0.29, 0.717) is 16.7 Å². The Morgan fingerprint density at radius 1 is 0.741 bits per heavy atom. The third-order valence-corrected chi connectivity index (χ3v) is 11.1. The smallest absolute Gasteiger partial charge is 0.0594 e. The molecule has 0 radical (unpaired) electrons. The van der Waals surface area contributed by atoms with E-state index in [1.165, 1.54) is 38.5 Å². The van der Waals surface area contributed by atoms with Gasteiger partial charge in [-0.25, -0.2) is 0 Å². The third-order valence-electron chi connectivity index (χ3n) is 11.1. The Balaban J connectivity index is -0.0000000401. The van der Waals surface area contributed by atoms with E-state index in [4.69, 9.17) is 16.4 Å². The Morgan fingerprint density at radius 3 is 1.65 bits per heavy atom. The zero-order valence-electron chi connectivity index (χ0n) is 32.2. The summed E-state index contributed by atoms with van der Waals surface area (Å²) < 4.78 is 0. The molecule has 0 bridgehead atoms. The van der Waals surface area contributed by atoms with Gasteiger partial charge in [0.25, 0.3) is 0 Å². The van der Waals surface area contributed by atoms with Crippen LogP contribution in [0.1, 0.15) is 126 Å². The first-order chi connectivity index (χ1) is 26.0. The first-order valence-corrected chi connectivity index (χ1v) is 18.1. The lowest BCUT2D eigenvalue weighted by molar-refractivity contribution is -0.0626. The topological polar surface area (TPSA) is 74.6 Å². The van der Waals surface area contributed by atoms with Crippen molar-refractivity contribution in [1.82, 2.24) is 0 Å². The molecule has 4 heteroatoms. The van der Waals surface area contributed by atoms with Gasteiger partial charge in [-0.1, -0.05) is 38.3 Å². The molecule has 4 aliphatic rings. The number of terminal acetylenes is 1. The van der Waals surface area contributed by atoms with Gasteiger partial charge < -0.3 is 10.2 Å². The average molecular weight is 749 g/mol. The molecule has 54 heavy (non-hydrogen) atoms. The fourth-order valence-corrected chi connectivity index (χ4v) is 9.24. The van der Waals surface area contributed by atoms with Crippen LogP contribution < -0.4 is 0 Å². The third kappa shape index (κ3) is 13.5. The second-order valence-corrected chi connectivity index (χ2v) is 14.9. The molecule has 0 aromatic rings. The molecule has 4 aliphatic carbocycles. The van der Waals surface area contributed by atoms with Crippen molar-refractivity contribution < 1.29 is 37.3 Å². The van der Waals surface area contributed by atoms with Crippen molar-refractivity contribution in [3.05, 3.63) is 21.6 Å². The largest absolute Gasteiger partial charge is 0.393 e. The van der Waals surface area contributed by atoms with Crippen molar-refractivity contribution in [2.24, 2.45) is 40.4 Å². The van der Waals surface area contributed by atoms with E-state index in [-0.39, 0.29) is 33.2 Å². The van der Waals surface area contributed by atoms with Crippen LogP contribution in [-0.4, -0.2) is 21.9 Å². The van der Waals surface area contributed by atoms with Crippen LogP contribution in [0.5, 0.6) is 0 Å². The number of aliphatic hydroxyl groups excluding tert-OH is 1. The highest BCUT2D eigenvalue weighted by atomic mass is 16.7. The molecule has 3 fully saturated rings. The zero-order valence-corrected chi connectivity index (χ0v) is 32.2. The van der Waals surface area contributed by atoms with Gasteiger partial charge in [-0.2, -0.15) is 0 Å². The van der Waals surface area contributed by atoms with Crippen LogP contribution in [0, 0.1) is 193 Å². The predicted molar refractivity (Wildman–Crippen MR) is 258 cm³/mol. The molecule has 0 aromatic carbocycles. The molecule has 0 amide bonds. The minimum atomic E-state index is -0.552. The predicted octanol–water partition coefficient (Wildman–Crippen LogP) is 11.1. The van der Waals surface area contributed by atoms with Gasteiger partial charge in [0.15, 0.2) is 0 Å². The van der Waals surface area contributed by atoms with Crippen LogP contribution in [0.4, 0.5) is 0 Å². The van der Waals surface area contributed by atoms with Gasteiger partial charge in [0.05, 0.1) is 11.7 Å². The maximum atomic E-state index is 10.4.